The molecule has 162 valence electrons. The van der Waals surface area contributed by atoms with Crippen molar-refractivity contribution in [2.24, 2.45) is 21.8 Å². The normalized spacial score (nSPS) is 31.6. The van der Waals surface area contributed by atoms with E-state index in [4.69, 9.17) is 23.9 Å². The molecule has 3 unspecified atom stereocenters. The Morgan fingerprint density at radius 2 is 1.68 bits per heavy atom. The third-order valence-corrected chi connectivity index (χ3v) is 11.0. The molecule has 0 aromatic heterocycles. The van der Waals surface area contributed by atoms with E-state index in [-0.39, 0.29) is 35.1 Å². The fourth-order valence-electron chi connectivity index (χ4n) is 3.74. The number of alkyl halides is 1. The first-order valence-electron chi connectivity index (χ1n) is 10.4. The van der Waals surface area contributed by atoms with Crippen LogP contribution in [0.2, 0.25) is 18.1 Å². The molecule has 0 N–H and O–H groups in total. The topological polar surface area (TPSA) is 52.4 Å². The smallest absolute Gasteiger partial charge is 0.209 e. The van der Waals surface area contributed by atoms with Crippen LogP contribution in [0, 0.1) is 11.8 Å². The molecule has 2 aliphatic rings. The number of methoxy groups -OCH3 is 2. The van der Waals surface area contributed by atoms with Crippen molar-refractivity contribution < 1.29 is 18.3 Å². The third kappa shape index (κ3) is 5.15. The molecule has 7 heteroatoms. The van der Waals surface area contributed by atoms with E-state index >= 15 is 0 Å². The highest BCUT2D eigenvalue weighted by Crippen LogP contribution is 2.42. The van der Waals surface area contributed by atoms with Crippen LogP contribution in [0.25, 0.3) is 0 Å². The Hall–Kier alpha value is -0.953. The van der Waals surface area contributed by atoms with Crippen LogP contribution in [0.5, 0.6) is 0 Å². The molecule has 1 saturated carbocycles. The molecule has 5 atom stereocenters. The maximum Gasteiger partial charge on any atom is 0.209 e. The summed E-state index contributed by atoms with van der Waals surface area (Å²) in [6.07, 6.45) is 0.721. The van der Waals surface area contributed by atoms with E-state index in [0.717, 1.165) is 6.42 Å². The molecule has 0 saturated heterocycles. The largest absolute Gasteiger partial charge is 0.483 e. The van der Waals surface area contributed by atoms with Gasteiger partial charge in [-0.2, -0.15) is 0 Å². The van der Waals surface area contributed by atoms with Crippen LogP contribution >= 0.6 is 0 Å². The van der Waals surface area contributed by atoms with Gasteiger partial charge in [-0.05, 0) is 49.2 Å². The number of ether oxygens (including phenoxy) is 2. The van der Waals surface area contributed by atoms with Crippen molar-refractivity contribution in [3.8, 4) is 0 Å². The van der Waals surface area contributed by atoms with Crippen molar-refractivity contribution in [2.75, 3.05) is 14.2 Å². The molecular formula is C21H39FN2O3Si. The Labute approximate surface area is 171 Å². The van der Waals surface area contributed by atoms with Crippen molar-refractivity contribution in [2.45, 2.75) is 96.4 Å². The summed E-state index contributed by atoms with van der Waals surface area (Å²) < 4.78 is 32.2. The van der Waals surface area contributed by atoms with Gasteiger partial charge in [-0.1, -0.05) is 34.6 Å². The highest BCUT2D eigenvalue weighted by molar-refractivity contribution is 6.74. The van der Waals surface area contributed by atoms with E-state index in [1.807, 2.05) is 0 Å². The number of halogens is 1. The molecule has 28 heavy (non-hydrogen) atoms. The lowest BCUT2D eigenvalue weighted by Gasteiger charge is -2.39. The molecule has 0 spiro atoms. The second kappa shape index (κ2) is 8.82. The Balaban J connectivity index is 2.07. The van der Waals surface area contributed by atoms with Crippen LogP contribution in [0.4, 0.5) is 4.39 Å². The Morgan fingerprint density at radius 1 is 1.07 bits per heavy atom. The van der Waals surface area contributed by atoms with Gasteiger partial charge < -0.3 is 13.9 Å². The Morgan fingerprint density at radius 3 is 2.18 bits per heavy atom. The van der Waals surface area contributed by atoms with Gasteiger partial charge in [-0.25, -0.2) is 14.4 Å². The van der Waals surface area contributed by atoms with Gasteiger partial charge in [0.2, 0.25) is 11.8 Å². The van der Waals surface area contributed by atoms with Crippen LogP contribution < -0.4 is 0 Å². The van der Waals surface area contributed by atoms with E-state index in [9.17, 15) is 4.39 Å². The highest BCUT2D eigenvalue weighted by atomic mass is 28.4. The number of hydrogen-bond acceptors (Lipinski definition) is 5. The van der Waals surface area contributed by atoms with Crippen molar-refractivity contribution in [3.63, 3.8) is 0 Å². The van der Waals surface area contributed by atoms with Crippen molar-refractivity contribution >= 4 is 20.1 Å². The summed E-state index contributed by atoms with van der Waals surface area (Å²) in [6.45, 7) is 15.1. The molecule has 5 nitrogen and oxygen atoms in total. The average molecular weight is 415 g/mol. The Kier molecular flexibility index (Phi) is 7.35. The van der Waals surface area contributed by atoms with Crippen LogP contribution in [-0.2, 0) is 13.9 Å². The predicted octanol–water partition coefficient (Wildman–Crippen LogP) is 5.01. The lowest BCUT2D eigenvalue weighted by molar-refractivity contribution is 0.111. The zero-order valence-corrected chi connectivity index (χ0v) is 20.1. The second-order valence-corrected chi connectivity index (χ2v) is 14.8. The van der Waals surface area contributed by atoms with Crippen molar-refractivity contribution in [1.82, 2.24) is 0 Å². The van der Waals surface area contributed by atoms with Crippen molar-refractivity contribution in [3.05, 3.63) is 0 Å². The summed E-state index contributed by atoms with van der Waals surface area (Å²) in [4.78, 5) is 9.49. The van der Waals surface area contributed by atoms with Gasteiger partial charge >= 0.3 is 0 Å². The summed E-state index contributed by atoms with van der Waals surface area (Å²) in [5.41, 5.74) is 0. The van der Waals surface area contributed by atoms with Crippen LogP contribution in [-0.4, -0.2) is 58.7 Å². The fraction of sp³-hybridized carbons (Fsp3) is 0.905. The maximum absolute atomic E-state index is 14.8. The molecule has 1 aliphatic carbocycles. The molecule has 1 fully saturated rings. The van der Waals surface area contributed by atoms with E-state index in [1.54, 1.807) is 14.2 Å². The van der Waals surface area contributed by atoms with E-state index in [2.05, 4.69) is 47.7 Å². The van der Waals surface area contributed by atoms with Crippen LogP contribution in [0.3, 0.4) is 0 Å². The molecular weight excluding hydrogens is 375 g/mol. The first kappa shape index (κ1) is 23.3. The maximum atomic E-state index is 14.8. The standard InChI is InChI=1S/C21H39FN2O3Si/c1-13(2)18-20(26-7)23-16(19(24-18)25-6)11-14-10-15(22)17(12-14)27-28(8,9)21(3,4)5/h13-18H,10-12H2,1-9H3/t14?,15?,16-,17?,18+/m0/s1. The molecule has 0 radical (unpaired) electrons. The molecule has 0 aromatic carbocycles. The minimum absolute atomic E-state index is 0.0770. The van der Waals surface area contributed by atoms with Gasteiger partial charge in [0.25, 0.3) is 0 Å². The first-order chi connectivity index (χ1) is 12.9. The SMILES string of the molecule is COC1=N[C@H](C(C)C)C(OC)=N[C@H]1CC1CC(F)C(O[Si](C)(C)C(C)(C)C)C1. The Bertz CT molecular complexity index is 601. The second-order valence-electron chi connectivity index (χ2n) is 10.1. The number of rotatable bonds is 5. The molecule has 0 bridgehead atoms. The van der Waals surface area contributed by atoms with Gasteiger partial charge in [0, 0.05) is 0 Å². The minimum Gasteiger partial charge on any atom is -0.483 e. The monoisotopic (exact) mass is 414 g/mol. The summed E-state index contributed by atoms with van der Waals surface area (Å²) in [6, 6.07) is -0.331. The van der Waals surface area contributed by atoms with Gasteiger partial charge in [-0.3, -0.25) is 0 Å². The van der Waals surface area contributed by atoms with E-state index in [0.29, 0.717) is 24.6 Å². The van der Waals surface area contributed by atoms with E-state index < -0.39 is 14.5 Å². The molecule has 1 aliphatic heterocycles. The van der Waals surface area contributed by atoms with E-state index in [1.165, 1.54) is 0 Å². The summed E-state index contributed by atoms with van der Waals surface area (Å²) >= 11 is 0. The number of hydrogen-bond donors (Lipinski definition) is 0. The molecule has 0 aromatic rings. The van der Waals surface area contributed by atoms with Gasteiger partial charge in [0.05, 0.1) is 20.3 Å². The zero-order valence-electron chi connectivity index (χ0n) is 19.1. The lowest BCUT2D eigenvalue weighted by atomic mass is 9.96. The molecule has 1 heterocycles. The number of aliphatic imine (C=N–C) groups is 2. The summed E-state index contributed by atoms with van der Waals surface area (Å²) in [5.74, 6) is 1.75. The van der Waals surface area contributed by atoms with Gasteiger partial charge in [0.15, 0.2) is 8.32 Å². The van der Waals surface area contributed by atoms with Crippen LogP contribution in [0.15, 0.2) is 9.98 Å². The molecule has 2 rings (SSSR count). The third-order valence-electron chi connectivity index (χ3n) is 6.47. The highest BCUT2D eigenvalue weighted by Gasteiger charge is 2.45. The molecule has 0 amide bonds. The number of nitrogens with zero attached hydrogens (tertiary/aromatic N) is 2. The first-order valence-corrected chi connectivity index (χ1v) is 13.4. The average Bonchev–Trinajstić information content (AvgIpc) is 2.91. The van der Waals surface area contributed by atoms with Gasteiger partial charge in [0.1, 0.15) is 18.3 Å². The van der Waals surface area contributed by atoms with Gasteiger partial charge in [-0.15, -0.1) is 0 Å². The quantitative estimate of drug-likeness (QED) is 0.594. The minimum atomic E-state index is -1.99. The summed E-state index contributed by atoms with van der Waals surface area (Å²) in [5, 5.41) is 0.0770. The fourth-order valence-corrected chi connectivity index (χ4v) is 5.10. The summed E-state index contributed by atoms with van der Waals surface area (Å²) in [7, 11) is 1.28. The van der Waals surface area contributed by atoms with Crippen molar-refractivity contribution in [1.29, 1.82) is 0 Å². The lowest BCUT2D eigenvalue weighted by Crippen LogP contribution is -2.45. The zero-order chi connectivity index (χ0) is 21.3. The predicted molar refractivity (Wildman–Crippen MR) is 116 cm³/mol. The van der Waals surface area contributed by atoms with Crippen LogP contribution in [0.1, 0.15) is 53.9 Å².